The van der Waals surface area contributed by atoms with Gasteiger partial charge in [-0.05, 0) is 24.6 Å². The lowest BCUT2D eigenvalue weighted by atomic mass is 10.1. The van der Waals surface area contributed by atoms with Crippen molar-refractivity contribution in [2.45, 2.75) is 13.3 Å². The molecule has 0 aliphatic rings. The number of aryl methyl sites for hydroxylation is 1. The van der Waals surface area contributed by atoms with E-state index in [0.29, 0.717) is 36.5 Å². The quantitative estimate of drug-likeness (QED) is 0.816. The molecule has 1 aromatic carbocycles. The third kappa shape index (κ3) is 2.47. The second-order valence-electron chi connectivity index (χ2n) is 3.75. The number of hydrogen-bond acceptors (Lipinski definition) is 4. The van der Waals surface area contributed by atoms with Crippen LogP contribution in [0.2, 0.25) is 0 Å². The zero-order chi connectivity index (χ0) is 12.3. The summed E-state index contributed by atoms with van der Waals surface area (Å²) in [5.74, 6) is 0.662. The zero-order valence-corrected chi connectivity index (χ0v) is 9.73. The van der Waals surface area contributed by atoms with Gasteiger partial charge in [0.2, 0.25) is 0 Å². The van der Waals surface area contributed by atoms with Crippen molar-refractivity contribution in [1.82, 2.24) is 0 Å². The smallest absolute Gasteiger partial charge is 0.339 e. The maximum absolute atomic E-state index is 11.6. The predicted octanol–water partition coefficient (Wildman–Crippen LogP) is 1.69. The molecule has 0 saturated carbocycles. The molecule has 0 aliphatic carbocycles. The molecule has 2 aromatic rings. The van der Waals surface area contributed by atoms with Crippen LogP contribution in [0, 0.1) is 0 Å². The molecule has 0 spiro atoms. The van der Waals surface area contributed by atoms with Crippen LogP contribution in [-0.2, 0) is 6.42 Å². The molecule has 0 bridgehead atoms. The van der Waals surface area contributed by atoms with Crippen LogP contribution in [0.15, 0.2) is 33.5 Å². The standard InChI is InChI=1S/C13H15NO3/c1-2-9-7-10-3-4-11(16-6-5-14)8-12(10)17-13(9)15/h3-4,7-8H,2,5-6,14H2,1H3. The molecular weight excluding hydrogens is 218 g/mol. The molecule has 1 heterocycles. The number of nitrogens with two attached hydrogens (primary N) is 1. The van der Waals surface area contributed by atoms with Crippen LogP contribution in [0.1, 0.15) is 12.5 Å². The first-order chi connectivity index (χ1) is 8.24. The Morgan fingerprint density at radius 3 is 2.88 bits per heavy atom. The van der Waals surface area contributed by atoms with Crippen molar-refractivity contribution in [3.05, 3.63) is 40.2 Å². The highest BCUT2D eigenvalue weighted by Gasteiger charge is 2.04. The molecule has 0 saturated heterocycles. The lowest BCUT2D eigenvalue weighted by Crippen LogP contribution is -2.10. The molecule has 0 radical (unpaired) electrons. The third-order valence-corrected chi connectivity index (χ3v) is 2.55. The summed E-state index contributed by atoms with van der Waals surface area (Å²) in [6.07, 6.45) is 0.670. The summed E-state index contributed by atoms with van der Waals surface area (Å²) in [4.78, 5) is 11.6. The summed E-state index contributed by atoms with van der Waals surface area (Å²) in [6, 6.07) is 7.29. The fourth-order valence-electron chi connectivity index (χ4n) is 1.65. The molecule has 17 heavy (non-hydrogen) atoms. The summed E-state index contributed by atoms with van der Waals surface area (Å²) in [5, 5.41) is 0.904. The van der Waals surface area contributed by atoms with E-state index in [4.69, 9.17) is 14.9 Å². The molecule has 90 valence electrons. The van der Waals surface area contributed by atoms with Gasteiger partial charge < -0.3 is 14.9 Å². The Bertz CT molecular complexity index is 574. The van der Waals surface area contributed by atoms with Gasteiger partial charge in [-0.1, -0.05) is 6.92 Å². The SMILES string of the molecule is CCc1cc2ccc(OCCN)cc2oc1=O. The molecule has 1 aromatic heterocycles. The molecule has 0 atom stereocenters. The Hall–Kier alpha value is -1.81. The van der Waals surface area contributed by atoms with Crippen LogP contribution in [0.5, 0.6) is 5.75 Å². The van der Waals surface area contributed by atoms with Gasteiger partial charge in [0.1, 0.15) is 17.9 Å². The van der Waals surface area contributed by atoms with Crippen molar-refractivity contribution < 1.29 is 9.15 Å². The van der Waals surface area contributed by atoms with Gasteiger partial charge in [-0.2, -0.15) is 0 Å². The van der Waals surface area contributed by atoms with Gasteiger partial charge >= 0.3 is 5.63 Å². The van der Waals surface area contributed by atoms with Crippen molar-refractivity contribution in [3.8, 4) is 5.75 Å². The third-order valence-electron chi connectivity index (χ3n) is 2.55. The number of rotatable bonds is 4. The van der Waals surface area contributed by atoms with Crippen LogP contribution < -0.4 is 16.1 Å². The Morgan fingerprint density at radius 2 is 2.18 bits per heavy atom. The van der Waals surface area contributed by atoms with Gasteiger partial charge in [-0.15, -0.1) is 0 Å². The van der Waals surface area contributed by atoms with E-state index in [9.17, 15) is 4.79 Å². The van der Waals surface area contributed by atoms with Gasteiger partial charge in [0, 0.05) is 23.6 Å². The zero-order valence-electron chi connectivity index (χ0n) is 9.73. The van der Waals surface area contributed by atoms with E-state index >= 15 is 0 Å². The van der Waals surface area contributed by atoms with E-state index in [-0.39, 0.29) is 5.63 Å². The maximum Gasteiger partial charge on any atom is 0.339 e. The fourth-order valence-corrected chi connectivity index (χ4v) is 1.65. The Labute approximate surface area is 99.0 Å². The first-order valence-electron chi connectivity index (χ1n) is 5.64. The summed E-state index contributed by atoms with van der Waals surface area (Å²) in [7, 11) is 0. The molecule has 0 aliphatic heterocycles. The molecule has 0 amide bonds. The van der Waals surface area contributed by atoms with E-state index in [0.717, 1.165) is 5.39 Å². The lowest BCUT2D eigenvalue weighted by molar-refractivity contribution is 0.328. The fraction of sp³-hybridized carbons (Fsp3) is 0.308. The minimum absolute atomic E-state index is 0.282. The average Bonchev–Trinajstić information content (AvgIpc) is 2.35. The number of benzene rings is 1. The normalized spacial score (nSPS) is 10.7. The Kier molecular flexibility index (Phi) is 3.44. The molecule has 2 N–H and O–H groups in total. The van der Waals surface area contributed by atoms with Crippen molar-refractivity contribution in [2.75, 3.05) is 13.2 Å². The number of hydrogen-bond donors (Lipinski definition) is 1. The lowest BCUT2D eigenvalue weighted by Gasteiger charge is -2.05. The highest BCUT2D eigenvalue weighted by molar-refractivity contribution is 5.78. The first kappa shape index (κ1) is 11.7. The van der Waals surface area contributed by atoms with Gasteiger partial charge in [0.25, 0.3) is 0 Å². The molecule has 4 heteroatoms. The van der Waals surface area contributed by atoms with Crippen LogP contribution in [-0.4, -0.2) is 13.2 Å². The van der Waals surface area contributed by atoms with E-state index in [2.05, 4.69) is 0 Å². The number of fused-ring (bicyclic) bond motifs is 1. The van der Waals surface area contributed by atoms with Crippen molar-refractivity contribution in [2.24, 2.45) is 5.73 Å². The van der Waals surface area contributed by atoms with Crippen LogP contribution in [0.4, 0.5) is 0 Å². The van der Waals surface area contributed by atoms with Crippen LogP contribution >= 0.6 is 0 Å². The minimum Gasteiger partial charge on any atom is -0.492 e. The summed E-state index contributed by atoms with van der Waals surface area (Å²) in [6.45, 7) is 2.83. The molecular formula is C13H15NO3. The molecule has 2 rings (SSSR count). The number of ether oxygens (including phenoxy) is 1. The second-order valence-corrected chi connectivity index (χ2v) is 3.75. The van der Waals surface area contributed by atoms with Crippen molar-refractivity contribution >= 4 is 11.0 Å². The summed E-state index contributed by atoms with van der Waals surface area (Å²) < 4.78 is 10.6. The molecule has 4 nitrogen and oxygen atoms in total. The van der Waals surface area contributed by atoms with Crippen LogP contribution in [0.3, 0.4) is 0 Å². The van der Waals surface area contributed by atoms with E-state index in [1.807, 2.05) is 25.1 Å². The van der Waals surface area contributed by atoms with Crippen LogP contribution in [0.25, 0.3) is 11.0 Å². The Morgan fingerprint density at radius 1 is 1.35 bits per heavy atom. The van der Waals surface area contributed by atoms with E-state index < -0.39 is 0 Å². The monoisotopic (exact) mass is 233 g/mol. The van der Waals surface area contributed by atoms with E-state index in [1.54, 1.807) is 6.07 Å². The predicted molar refractivity (Wildman–Crippen MR) is 66.4 cm³/mol. The first-order valence-corrected chi connectivity index (χ1v) is 5.64. The highest BCUT2D eigenvalue weighted by atomic mass is 16.5. The van der Waals surface area contributed by atoms with Crippen molar-refractivity contribution in [3.63, 3.8) is 0 Å². The topological polar surface area (TPSA) is 65.5 Å². The average molecular weight is 233 g/mol. The molecule has 0 unspecified atom stereocenters. The van der Waals surface area contributed by atoms with Gasteiger partial charge in [-0.3, -0.25) is 0 Å². The van der Waals surface area contributed by atoms with Gasteiger partial charge in [0.15, 0.2) is 0 Å². The van der Waals surface area contributed by atoms with E-state index in [1.165, 1.54) is 0 Å². The second kappa shape index (κ2) is 5.01. The minimum atomic E-state index is -0.282. The Balaban J connectivity index is 2.44. The van der Waals surface area contributed by atoms with Gasteiger partial charge in [-0.25, -0.2) is 4.79 Å². The largest absolute Gasteiger partial charge is 0.492 e. The summed E-state index contributed by atoms with van der Waals surface area (Å²) >= 11 is 0. The van der Waals surface area contributed by atoms with Gasteiger partial charge in [0.05, 0.1) is 0 Å². The maximum atomic E-state index is 11.6. The molecule has 0 fully saturated rings. The van der Waals surface area contributed by atoms with Crippen molar-refractivity contribution in [1.29, 1.82) is 0 Å². The summed E-state index contributed by atoms with van der Waals surface area (Å²) in [5.41, 5.74) is 6.30. The highest BCUT2D eigenvalue weighted by Crippen LogP contribution is 2.20.